The van der Waals surface area contributed by atoms with Gasteiger partial charge in [-0.3, -0.25) is 0 Å². The predicted octanol–water partition coefficient (Wildman–Crippen LogP) is 6.02. The van der Waals surface area contributed by atoms with Crippen molar-refractivity contribution in [3.8, 4) is 28.6 Å². The molecular weight excluding hydrogens is 516 g/mol. The zero-order valence-electron chi connectivity index (χ0n) is 19.1. The van der Waals surface area contributed by atoms with E-state index in [1.165, 1.54) is 5.56 Å². The van der Waals surface area contributed by atoms with Crippen molar-refractivity contribution < 1.29 is 14.2 Å². The van der Waals surface area contributed by atoms with Crippen LogP contribution in [0.2, 0.25) is 0 Å². The van der Waals surface area contributed by atoms with Crippen molar-refractivity contribution in [2.75, 3.05) is 19.6 Å². The zero-order chi connectivity index (χ0) is 24.1. The van der Waals surface area contributed by atoms with Gasteiger partial charge in [0.1, 0.15) is 12.4 Å². The Bertz CT molecular complexity index is 1350. The molecule has 0 bridgehead atoms. The van der Waals surface area contributed by atoms with Crippen molar-refractivity contribution in [3.63, 3.8) is 0 Å². The SMILES string of the molecule is COc1ccccc1-c1n[nH]c(=S)n1NCc1cc(Br)c(OCc2cccc(C)c2)c(OC)c1. The average molecular weight is 541 g/mol. The molecule has 4 aromatic rings. The largest absolute Gasteiger partial charge is 0.496 e. The molecule has 0 saturated carbocycles. The molecule has 4 rings (SSSR count). The first-order chi connectivity index (χ1) is 16.5. The summed E-state index contributed by atoms with van der Waals surface area (Å²) in [5.74, 6) is 2.63. The third-order valence-electron chi connectivity index (χ3n) is 5.22. The molecule has 176 valence electrons. The fourth-order valence-corrected chi connectivity index (χ4v) is 4.40. The quantitative estimate of drug-likeness (QED) is 0.253. The molecule has 0 fully saturated rings. The van der Waals surface area contributed by atoms with Crippen molar-refractivity contribution in [1.82, 2.24) is 14.9 Å². The smallest absolute Gasteiger partial charge is 0.214 e. The summed E-state index contributed by atoms with van der Waals surface area (Å²) in [6.07, 6.45) is 0. The number of hydrogen-bond acceptors (Lipinski definition) is 6. The molecule has 0 unspecified atom stereocenters. The highest BCUT2D eigenvalue weighted by molar-refractivity contribution is 9.10. The highest BCUT2D eigenvalue weighted by Gasteiger charge is 2.15. The van der Waals surface area contributed by atoms with E-state index in [9.17, 15) is 0 Å². The van der Waals surface area contributed by atoms with E-state index < -0.39 is 0 Å². The van der Waals surface area contributed by atoms with Gasteiger partial charge in [-0.15, -0.1) is 0 Å². The summed E-state index contributed by atoms with van der Waals surface area (Å²) in [6.45, 7) is 2.98. The minimum absolute atomic E-state index is 0.445. The van der Waals surface area contributed by atoms with E-state index in [1.807, 2.05) is 48.5 Å². The maximum Gasteiger partial charge on any atom is 0.214 e. The standard InChI is InChI=1S/C25H25BrN4O3S/c1-16-7-6-8-17(11-16)15-33-23-20(26)12-18(13-22(23)32-3)14-27-30-24(28-29-25(30)34)19-9-4-5-10-21(19)31-2/h4-13,27H,14-15H2,1-3H3,(H,29,34). The first-order valence-electron chi connectivity index (χ1n) is 10.6. The van der Waals surface area contributed by atoms with Crippen molar-refractivity contribution in [2.45, 2.75) is 20.1 Å². The van der Waals surface area contributed by atoms with Gasteiger partial charge >= 0.3 is 0 Å². The van der Waals surface area contributed by atoms with Crippen molar-refractivity contribution in [2.24, 2.45) is 0 Å². The zero-order valence-corrected chi connectivity index (χ0v) is 21.5. The van der Waals surface area contributed by atoms with Crippen LogP contribution in [0.4, 0.5) is 0 Å². The van der Waals surface area contributed by atoms with Crippen LogP contribution >= 0.6 is 28.1 Å². The number of rotatable bonds is 9. The van der Waals surface area contributed by atoms with Gasteiger partial charge in [-0.1, -0.05) is 42.0 Å². The van der Waals surface area contributed by atoms with E-state index in [2.05, 4.69) is 50.6 Å². The molecule has 0 spiro atoms. The molecule has 1 heterocycles. The number of hydrogen-bond donors (Lipinski definition) is 2. The van der Waals surface area contributed by atoms with E-state index in [-0.39, 0.29) is 0 Å². The molecule has 7 nitrogen and oxygen atoms in total. The molecular formula is C25H25BrN4O3S. The number of H-pyrrole nitrogens is 1. The third kappa shape index (κ3) is 5.26. The van der Waals surface area contributed by atoms with Gasteiger partial charge in [0.15, 0.2) is 17.3 Å². The second-order valence-corrected chi connectivity index (χ2v) is 8.85. The number of nitrogens with one attached hydrogen (secondary N) is 2. The van der Waals surface area contributed by atoms with Gasteiger partial charge in [-0.25, -0.2) is 9.77 Å². The van der Waals surface area contributed by atoms with E-state index >= 15 is 0 Å². The number of aryl methyl sites for hydroxylation is 1. The predicted molar refractivity (Wildman–Crippen MR) is 139 cm³/mol. The van der Waals surface area contributed by atoms with Gasteiger partial charge in [0.05, 0.1) is 30.8 Å². The lowest BCUT2D eigenvalue weighted by molar-refractivity contribution is 0.282. The van der Waals surface area contributed by atoms with Gasteiger partial charge in [0, 0.05) is 0 Å². The number of aromatic amines is 1. The van der Waals surface area contributed by atoms with Crippen LogP contribution in [0.3, 0.4) is 0 Å². The highest BCUT2D eigenvalue weighted by atomic mass is 79.9. The van der Waals surface area contributed by atoms with E-state index in [0.717, 1.165) is 21.2 Å². The Morgan fingerprint density at radius 1 is 1.00 bits per heavy atom. The topological polar surface area (TPSA) is 73.3 Å². The second kappa shape index (κ2) is 10.8. The van der Waals surface area contributed by atoms with Crippen LogP contribution in [0.5, 0.6) is 17.2 Å². The first-order valence-corrected chi connectivity index (χ1v) is 11.8. The molecule has 1 aromatic heterocycles. The molecule has 2 N–H and O–H groups in total. The molecule has 3 aromatic carbocycles. The van der Waals surface area contributed by atoms with Crippen molar-refractivity contribution in [1.29, 1.82) is 0 Å². The Balaban J connectivity index is 1.54. The molecule has 34 heavy (non-hydrogen) atoms. The summed E-state index contributed by atoms with van der Waals surface area (Å²) in [5, 5.41) is 7.23. The van der Waals surface area contributed by atoms with Crippen LogP contribution in [-0.4, -0.2) is 29.1 Å². The van der Waals surface area contributed by atoms with Gasteiger partial charge in [0.2, 0.25) is 4.77 Å². The van der Waals surface area contributed by atoms with Crippen LogP contribution in [0.1, 0.15) is 16.7 Å². The van der Waals surface area contributed by atoms with Crippen molar-refractivity contribution in [3.05, 3.63) is 86.6 Å². The van der Waals surface area contributed by atoms with Crippen LogP contribution in [0.15, 0.2) is 65.1 Å². The summed E-state index contributed by atoms with van der Waals surface area (Å²) in [7, 11) is 3.26. The number of halogens is 1. The molecule has 0 aliphatic heterocycles. The lowest BCUT2D eigenvalue weighted by Gasteiger charge is -2.16. The Labute approximate surface area is 211 Å². The Morgan fingerprint density at radius 3 is 2.56 bits per heavy atom. The monoisotopic (exact) mass is 540 g/mol. The Hall–Kier alpha value is -3.30. The molecule has 0 atom stereocenters. The molecule has 9 heteroatoms. The summed E-state index contributed by atoms with van der Waals surface area (Å²) < 4.78 is 20.2. The minimum atomic E-state index is 0.445. The van der Waals surface area contributed by atoms with Crippen molar-refractivity contribution >= 4 is 28.1 Å². The highest BCUT2D eigenvalue weighted by Crippen LogP contribution is 2.37. The minimum Gasteiger partial charge on any atom is -0.496 e. The maximum absolute atomic E-state index is 6.08. The number of methoxy groups -OCH3 is 2. The lowest BCUT2D eigenvalue weighted by Crippen LogP contribution is -2.16. The normalized spacial score (nSPS) is 10.7. The molecule has 0 amide bonds. The number of aromatic nitrogens is 3. The van der Waals surface area contributed by atoms with E-state index in [0.29, 0.717) is 41.0 Å². The maximum atomic E-state index is 6.08. The lowest BCUT2D eigenvalue weighted by atomic mass is 10.1. The van der Waals surface area contributed by atoms with Gasteiger partial charge in [-0.05, 0) is 70.5 Å². The number of ether oxygens (including phenoxy) is 3. The Kier molecular flexibility index (Phi) is 7.54. The molecule has 0 radical (unpaired) electrons. The number of para-hydroxylation sites is 1. The first kappa shape index (κ1) is 23.8. The van der Waals surface area contributed by atoms with Gasteiger partial charge in [0.25, 0.3) is 0 Å². The van der Waals surface area contributed by atoms with Crippen LogP contribution in [0, 0.1) is 11.7 Å². The van der Waals surface area contributed by atoms with Gasteiger partial charge < -0.3 is 19.6 Å². The molecule has 0 saturated heterocycles. The Morgan fingerprint density at radius 2 is 1.79 bits per heavy atom. The average Bonchev–Trinajstić information content (AvgIpc) is 3.21. The van der Waals surface area contributed by atoms with Crippen LogP contribution < -0.4 is 19.6 Å². The van der Waals surface area contributed by atoms with Gasteiger partial charge in [-0.2, -0.15) is 5.10 Å². The third-order valence-corrected chi connectivity index (χ3v) is 6.08. The molecule has 0 aliphatic carbocycles. The van der Waals surface area contributed by atoms with E-state index in [1.54, 1.807) is 18.9 Å². The fraction of sp³-hybridized carbons (Fsp3) is 0.200. The summed E-state index contributed by atoms with van der Waals surface area (Å²) in [5.41, 5.74) is 7.42. The summed E-state index contributed by atoms with van der Waals surface area (Å²) in [4.78, 5) is 0. The molecule has 0 aliphatic rings. The fourth-order valence-electron chi connectivity index (χ4n) is 3.60. The van der Waals surface area contributed by atoms with Crippen LogP contribution in [-0.2, 0) is 13.2 Å². The van der Waals surface area contributed by atoms with E-state index in [4.69, 9.17) is 26.4 Å². The van der Waals surface area contributed by atoms with Crippen LogP contribution in [0.25, 0.3) is 11.4 Å². The number of benzene rings is 3. The summed E-state index contributed by atoms with van der Waals surface area (Å²) in [6, 6.07) is 19.8. The number of nitrogens with zero attached hydrogens (tertiary/aromatic N) is 2. The summed E-state index contributed by atoms with van der Waals surface area (Å²) >= 11 is 9.08. The second-order valence-electron chi connectivity index (χ2n) is 7.61.